The number of aromatic carboxylic acids is 1. The summed E-state index contributed by atoms with van der Waals surface area (Å²) in [5, 5.41) is 9.07. The molecule has 0 radical (unpaired) electrons. The van der Waals surface area contributed by atoms with Gasteiger partial charge in [-0.25, -0.2) is 14.6 Å². The molecule has 1 fully saturated rings. The SMILES string of the molecule is C=CCOC(=O)N(c1cc(C(=O)O)c(Cl)cn1)C1CC1. The molecule has 1 aliphatic rings. The van der Waals surface area contributed by atoms with Crippen molar-refractivity contribution in [2.24, 2.45) is 0 Å². The number of carbonyl (C=O) groups excluding carboxylic acids is 1. The smallest absolute Gasteiger partial charge is 0.416 e. The predicted molar refractivity (Wildman–Crippen MR) is 73.3 cm³/mol. The minimum Gasteiger partial charge on any atom is -0.478 e. The molecule has 0 saturated heterocycles. The number of carbonyl (C=O) groups is 2. The van der Waals surface area contributed by atoms with Crippen molar-refractivity contribution in [3.63, 3.8) is 0 Å². The zero-order valence-electron chi connectivity index (χ0n) is 10.6. The van der Waals surface area contributed by atoms with E-state index in [1.807, 2.05) is 0 Å². The van der Waals surface area contributed by atoms with Gasteiger partial charge in [0.1, 0.15) is 12.4 Å². The number of rotatable bonds is 5. The normalized spacial score (nSPS) is 13.7. The van der Waals surface area contributed by atoms with Crippen molar-refractivity contribution in [3.8, 4) is 0 Å². The van der Waals surface area contributed by atoms with Crippen LogP contribution in [0.15, 0.2) is 24.9 Å². The Bertz CT molecular complexity index is 557. The molecule has 0 bridgehead atoms. The van der Waals surface area contributed by atoms with Gasteiger partial charge in [0.2, 0.25) is 0 Å². The first-order valence-electron chi connectivity index (χ1n) is 6.00. The van der Waals surface area contributed by atoms with Crippen molar-refractivity contribution in [2.45, 2.75) is 18.9 Å². The molecule has 1 aromatic heterocycles. The van der Waals surface area contributed by atoms with Gasteiger partial charge in [0.05, 0.1) is 10.6 Å². The zero-order valence-corrected chi connectivity index (χ0v) is 11.3. The van der Waals surface area contributed by atoms with Gasteiger partial charge in [0.25, 0.3) is 0 Å². The standard InChI is InChI=1S/C13H13ClN2O4/c1-2-5-20-13(19)16(8-3-4-8)11-6-9(12(17)18)10(14)7-15-11/h2,6-8H,1,3-5H2,(H,17,18). The Labute approximate surface area is 120 Å². The Morgan fingerprint density at radius 2 is 2.30 bits per heavy atom. The summed E-state index contributed by atoms with van der Waals surface area (Å²) >= 11 is 5.76. The number of aromatic nitrogens is 1. The highest BCUT2D eigenvalue weighted by Gasteiger charge is 2.36. The zero-order chi connectivity index (χ0) is 14.7. The monoisotopic (exact) mass is 296 g/mol. The molecule has 0 aromatic carbocycles. The van der Waals surface area contributed by atoms with Crippen LogP contribution in [0.3, 0.4) is 0 Å². The predicted octanol–water partition coefficient (Wildman–Crippen LogP) is 2.72. The first kappa shape index (κ1) is 14.3. The Balaban J connectivity index is 2.30. The molecule has 2 rings (SSSR count). The molecule has 1 saturated carbocycles. The second kappa shape index (κ2) is 5.92. The van der Waals surface area contributed by atoms with Gasteiger partial charge in [0.15, 0.2) is 0 Å². The number of carboxylic acid groups (broad SMARTS) is 1. The number of amides is 1. The first-order chi connectivity index (χ1) is 9.54. The van der Waals surface area contributed by atoms with Crippen molar-refractivity contribution in [3.05, 3.63) is 35.5 Å². The lowest BCUT2D eigenvalue weighted by Crippen LogP contribution is -2.34. The molecule has 1 N–H and O–H groups in total. The Morgan fingerprint density at radius 3 is 2.85 bits per heavy atom. The van der Waals surface area contributed by atoms with Gasteiger partial charge < -0.3 is 9.84 Å². The second-order valence-corrected chi connectivity index (χ2v) is 4.70. The van der Waals surface area contributed by atoms with Crippen LogP contribution < -0.4 is 4.90 Å². The number of anilines is 1. The molecule has 1 heterocycles. The van der Waals surface area contributed by atoms with Crippen molar-refractivity contribution in [2.75, 3.05) is 11.5 Å². The van der Waals surface area contributed by atoms with E-state index in [1.165, 1.54) is 23.2 Å². The fourth-order valence-electron chi connectivity index (χ4n) is 1.69. The third kappa shape index (κ3) is 3.08. The molecular weight excluding hydrogens is 284 g/mol. The molecule has 106 valence electrons. The molecule has 0 atom stereocenters. The Kier molecular flexibility index (Phi) is 4.24. The molecule has 6 nitrogen and oxygen atoms in total. The fourth-order valence-corrected chi connectivity index (χ4v) is 1.87. The quantitative estimate of drug-likeness (QED) is 0.845. The average Bonchev–Trinajstić information content (AvgIpc) is 3.22. The third-order valence-electron chi connectivity index (χ3n) is 2.75. The maximum atomic E-state index is 12.0. The van der Waals surface area contributed by atoms with Gasteiger partial charge in [-0.3, -0.25) is 4.90 Å². The second-order valence-electron chi connectivity index (χ2n) is 4.29. The van der Waals surface area contributed by atoms with Gasteiger partial charge in [-0.15, -0.1) is 0 Å². The maximum absolute atomic E-state index is 12.0. The number of carboxylic acids is 1. The average molecular weight is 297 g/mol. The molecule has 7 heteroatoms. The van der Waals surface area contributed by atoms with Gasteiger partial charge in [-0.2, -0.15) is 0 Å². The summed E-state index contributed by atoms with van der Waals surface area (Å²) < 4.78 is 4.99. The minimum atomic E-state index is -1.17. The van der Waals surface area contributed by atoms with Crippen LogP contribution >= 0.6 is 11.6 Å². The highest BCUT2D eigenvalue weighted by molar-refractivity contribution is 6.33. The van der Waals surface area contributed by atoms with Gasteiger partial charge in [-0.05, 0) is 18.9 Å². The molecule has 1 aromatic rings. The van der Waals surface area contributed by atoms with Crippen molar-refractivity contribution >= 4 is 29.5 Å². The number of hydrogen-bond donors (Lipinski definition) is 1. The third-order valence-corrected chi connectivity index (χ3v) is 3.05. The lowest BCUT2D eigenvalue weighted by molar-refractivity contribution is 0.0696. The van der Waals surface area contributed by atoms with Crippen LogP contribution in [0.2, 0.25) is 5.02 Å². The van der Waals surface area contributed by atoms with Gasteiger partial charge in [0, 0.05) is 12.2 Å². The van der Waals surface area contributed by atoms with Crippen LogP contribution in [0.4, 0.5) is 10.6 Å². The molecule has 0 aliphatic heterocycles. The molecule has 20 heavy (non-hydrogen) atoms. The highest BCUT2D eigenvalue weighted by atomic mass is 35.5. The molecule has 1 aliphatic carbocycles. The van der Waals surface area contributed by atoms with E-state index < -0.39 is 12.1 Å². The van der Waals surface area contributed by atoms with E-state index in [-0.39, 0.29) is 29.1 Å². The van der Waals surface area contributed by atoms with Crippen LogP contribution in [-0.4, -0.2) is 34.8 Å². The van der Waals surface area contributed by atoms with Crippen molar-refractivity contribution in [1.82, 2.24) is 4.98 Å². The molecule has 0 unspecified atom stereocenters. The Hall–Kier alpha value is -2.08. The summed E-state index contributed by atoms with van der Waals surface area (Å²) in [6.45, 7) is 3.55. The minimum absolute atomic E-state index is 0.0114. The van der Waals surface area contributed by atoms with Crippen molar-refractivity contribution < 1.29 is 19.4 Å². The number of ether oxygens (including phenoxy) is 1. The van der Waals surface area contributed by atoms with Crippen LogP contribution in [0, 0.1) is 0 Å². The molecular formula is C13H13ClN2O4. The summed E-state index contributed by atoms with van der Waals surface area (Å²) in [4.78, 5) is 28.4. The van der Waals surface area contributed by atoms with Crippen LogP contribution in [0.1, 0.15) is 23.2 Å². The van der Waals surface area contributed by atoms with E-state index in [9.17, 15) is 9.59 Å². The van der Waals surface area contributed by atoms with Crippen molar-refractivity contribution in [1.29, 1.82) is 0 Å². The number of nitrogens with zero attached hydrogens (tertiary/aromatic N) is 2. The summed E-state index contributed by atoms with van der Waals surface area (Å²) in [6.07, 6.45) is 3.77. The van der Waals surface area contributed by atoms with E-state index in [4.69, 9.17) is 21.4 Å². The lowest BCUT2D eigenvalue weighted by Gasteiger charge is -2.20. The van der Waals surface area contributed by atoms with Crippen LogP contribution in [-0.2, 0) is 4.74 Å². The number of pyridine rings is 1. The summed E-state index contributed by atoms with van der Waals surface area (Å²) in [5.74, 6) is -0.947. The van der Waals surface area contributed by atoms with Gasteiger partial charge in [-0.1, -0.05) is 24.3 Å². The summed E-state index contributed by atoms with van der Waals surface area (Å²) in [7, 11) is 0. The Morgan fingerprint density at radius 1 is 1.60 bits per heavy atom. The number of hydrogen-bond acceptors (Lipinski definition) is 4. The van der Waals surface area contributed by atoms with Gasteiger partial charge >= 0.3 is 12.1 Å². The molecule has 1 amide bonds. The lowest BCUT2D eigenvalue weighted by atomic mass is 10.2. The largest absolute Gasteiger partial charge is 0.478 e. The highest BCUT2D eigenvalue weighted by Crippen LogP contribution is 2.32. The first-order valence-corrected chi connectivity index (χ1v) is 6.38. The van der Waals surface area contributed by atoms with E-state index >= 15 is 0 Å². The summed E-state index contributed by atoms with van der Waals surface area (Å²) in [5.41, 5.74) is -0.0983. The van der Waals surface area contributed by atoms with E-state index in [1.54, 1.807) is 0 Å². The van der Waals surface area contributed by atoms with E-state index in [0.29, 0.717) is 0 Å². The van der Waals surface area contributed by atoms with Crippen LogP contribution in [0.5, 0.6) is 0 Å². The fraction of sp³-hybridized carbons (Fsp3) is 0.308. The molecule has 0 spiro atoms. The topological polar surface area (TPSA) is 79.7 Å². The van der Waals surface area contributed by atoms with Crippen LogP contribution in [0.25, 0.3) is 0 Å². The van der Waals surface area contributed by atoms with E-state index in [2.05, 4.69) is 11.6 Å². The number of halogens is 1. The maximum Gasteiger partial charge on any atom is 0.416 e. The summed E-state index contributed by atoms with van der Waals surface area (Å²) in [6, 6.07) is 1.26. The van der Waals surface area contributed by atoms with E-state index in [0.717, 1.165) is 12.8 Å².